The minimum Gasteiger partial charge on any atom is -0.503 e. The second-order valence-corrected chi connectivity index (χ2v) is 10.1. The molecule has 6 nitrogen and oxygen atoms in total. The van der Waals surface area contributed by atoms with Crippen molar-refractivity contribution >= 4 is 23.0 Å². The van der Waals surface area contributed by atoms with Gasteiger partial charge in [-0.3, -0.25) is 9.59 Å². The summed E-state index contributed by atoms with van der Waals surface area (Å²) in [5.41, 5.74) is 2.40. The average molecular weight is 511 g/mol. The Morgan fingerprint density at radius 1 is 0.973 bits per heavy atom. The molecule has 0 fully saturated rings. The average Bonchev–Trinajstić information content (AvgIpc) is 3.38. The molecule has 1 atom stereocenters. The van der Waals surface area contributed by atoms with E-state index in [0.717, 1.165) is 10.6 Å². The first-order valence-corrected chi connectivity index (χ1v) is 12.8. The lowest BCUT2D eigenvalue weighted by Crippen LogP contribution is -2.33. The van der Waals surface area contributed by atoms with Gasteiger partial charge in [0.15, 0.2) is 5.76 Å². The van der Waals surface area contributed by atoms with Crippen LogP contribution in [0, 0.1) is 13.8 Å². The number of carbonyl (C=O) groups excluding carboxylic acids is 2. The number of aromatic nitrogens is 1. The van der Waals surface area contributed by atoms with Crippen molar-refractivity contribution in [1.29, 1.82) is 0 Å². The second-order valence-electron chi connectivity index (χ2n) is 8.86. The van der Waals surface area contributed by atoms with Gasteiger partial charge in [0.2, 0.25) is 5.78 Å². The normalized spacial score (nSPS) is 15.4. The van der Waals surface area contributed by atoms with Crippen LogP contribution in [-0.4, -0.2) is 33.2 Å². The van der Waals surface area contributed by atoms with Crippen molar-refractivity contribution in [1.82, 2.24) is 9.88 Å². The monoisotopic (exact) mass is 510 g/mol. The highest BCUT2D eigenvalue weighted by molar-refractivity contribution is 7.14. The molecule has 1 unspecified atom stereocenters. The minimum atomic E-state index is -0.759. The number of carbonyl (C=O) groups is 2. The summed E-state index contributed by atoms with van der Waals surface area (Å²) in [7, 11) is 0. The number of amides is 1. The number of aliphatic hydroxyl groups excluding tert-OH is 1. The zero-order chi connectivity index (χ0) is 25.9. The molecule has 1 N–H and O–H groups in total. The predicted molar refractivity (Wildman–Crippen MR) is 143 cm³/mol. The molecule has 0 aliphatic carbocycles. The van der Waals surface area contributed by atoms with Crippen LogP contribution in [-0.2, 0) is 11.2 Å². The van der Waals surface area contributed by atoms with E-state index < -0.39 is 17.7 Å². The number of hydrogen-bond acceptors (Lipinski definition) is 6. The van der Waals surface area contributed by atoms with Crippen LogP contribution in [0.5, 0.6) is 11.5 Å². The molecule has 3 aromatic carbocycles. The van der Waals surface area contributed by atoms with Crippen molar-refractivity contribution in [3.63, 3.8) is 0 Å². The maximum absolute atomic E-state index is 13.8. The highest BCUT2D eigenvalue weighted by atomic mass is 32.1. The summed E-state index contributed by atoms with van der Waals surface area (Å²) in [6.45, 7) is 3.93. The number of rotatable bonds is 8. The molecule has 37 heavy (non-hydrogen) atoms. The number of ether oxygens (including phenoxy) is 1. The van der Waals surface area contributed by atoms with Gasteiger partial charge in [-0.1, -0.05) is 60.7 Å². The first kappa shape index (κ1) is 24.5. The van der Waals surface area contributed by atoms with Crippen molar-refractivity contribution in [2.75, 3.05) is 6.54 Å². The Bertz CT molecular complexity index is 1480. The number of aliphatic hydroxyl groups is 1. The third kappa shape index (κ3) is 5.04. The van der Waals surface area contributed by atoms with Crippen LogP contribution in [0.4, 0.5) is 0 Å². The lowest BCUT2D eigenvalue weighted by atomic mass is 9.94. The van der Waals surface area contributed by atoms with Crippen molar-refractivity contribution < 1.29 is 19.4 Å². The molecule has 1 aliphatic rings. The Balaban J connectivity index is 1.54. The molecule has 0 radical (unpaired) electrons. The fourth-order valence-corrected chi connectivity index (χ4v) is 5.47. The Morgan fingerprint density at radius 3 is 2.32 bits per heavy atom. The van der Waals surface area contributed by atoms with Crippen LogP contribution in [0.3, 0.4) is 0 Å². The largest absolute Gasteiger partial charge is 0.503 e. The summed E-state index contributed by atoms with van der Waals surface area (Å²) < 4.78 is 6.02. The van der Waals surface area contributed by atoms with Crippen LogP contribution in [0.15, 0.2) is 96.3 Å². The van der Waals surface area contributed by atoms with Crippen molar-refractivity contribution in [3.05, 3.63) is 123 Å². The molecule has 0 bridgehead atoms. The Morgan fingerprint density at radius 2 is 1.65 bits per heavy atom. The summed E-state index contributed by atoms with van der Waals surface area (Å²) in [6.07, 6.45) is 0.580. The smallest absolute Gasteiger partial charge is 0.290 e. The molecule has 2 heterocycles. The summed E-state index contributed by atoms with van der Waals surface area (Å²) in [6, 6.07) is 25.8. The Labute approximate surface area is 219 Å². The first-order chi connectivity index (χ1) is 17.9. The number of Topliss-reactive ketones (excluding diaryl/α,β-unsaturated/α-hetero) is 1. The van der Waals surface area contributed by atoms with E-state index in [1.807, 2.05) is 91.9 Å². The number of thiazole rings is 1. The van der Waals surface area contributed by atoms with Crippen LogP contribution >= 0.6 is 11.3 Å². The lowest BCUT2D eigenvalue weighted by molar-refractivity contribution is -0.129. The summed E-state index contributed by atoms with van der Waals surface area (Å²) in [5, 5.41) is 11.8. The fraction of sp³-hybridized carbons (Fsp3) is 0.167. The summed E-state index contributed by atoms with van der Waals surface area (Å²) in [5.74, 6) is -0.202. The van der Waals surface area contributed by atoms with Crippen molar-refractivity contribution in [3.8, 4) is 11.5 Å². The van der Waals surface area contributed by atoms with Gasteiger partial charge in [-0.15, -0.1) is 11.3 Å². The van der Waals surface area contributed by atoms with Crippen molar-refractivity contribution in [2.24, 2.45) is 0 Å². The molecule has 1 aliphatic heterocycles. The third-order valence-electron chi connectivity index (χ3n) is 6.29. The molecule has 0 saturated carbocycles. The standard InChI is InChI=1S/C30H26N2O4S/c1-19-29(37-20(2)31-19)27(33)25-26(22-12-9-15-24(18-22)36-23-13-7-4-8-14-23)32(30(35)28(25)34)17-16-21-10-5-3-6-11-21/h3-15,18,26,34H,16-17H2,1-2H3. The molecule has 186 valence electrons. The third-order valence-corrected chi connectivity index (χ3v) is 7.37. The number of hydrogen-bond donors (Lipinski definition) is 1. The molecular weight excluding hydrogens is 484 g/mol. The highest BCUT2D eigenvalue weighted by Gasteiger charge is 2.44. The minimum absolute atomic E-state index is 0.0710. The topological polar surface area (TPSA) is 79.7 Å². The Hall–Kier alpha value is -4.23. The zero-order valence-electron chi connectivity index (χ0n) is 20.5. The van der Waals surface area contributed by atoms with Crippen LogP contribution < -0.4 is 4.74 Å². The molecule has 7 heteroatoms. The molecule has 5 rings (SSSR count). The van der Waals surface area contributed by atoms with Crippen molar-refractivity contribution in [2.45, 2.75) is 26.3 Å². The summed E-state index contributed by atoms with van der Waals surface area (Å²) >= 11 is 1.27. The maximum Gasteiger partial charge on any atom is 0.290 e. The van der Waals surface area contributed by atoms with Crippen LogP contribution in [0.1, 0.15) is 37.5 Å². The van der Waals surface area contributed by atoms with Gasteiger partial charge in [0, 0.05) is 6.54 Å². The number of ketones is 1. The quantitative estimate of drug-likeness (QED) is 0.279. The van der Waals surface area contributed by atoms with Gasteiger partial charge in [-0.05, 0) is 55.7 Å². The van der Waals surface area contributed by atoms with E-state index in [2.05, 4.69) is 4.98 Å². The van der Waals surface area contributed by atoms with E-state index in [-0.39, 0.29) is 11.4 Å². The van der Waals surface area contributed by atoms with E-state index in [1.165, 1.54) is 11.3 Å². The highest BCUT2D eigenvalue weighted by Crippen LogP contribution is 2.41. The van der Waals surface area contributed by atoms with E-state index in [4.69, 9.17) is 4.74 Å². The van der Waals surface area contributed by atoms with Crippen LogP contribution in [0.2, 0.25) is 0 Å². The molecule has 1 aromatic heterocycles. The van der Waals surface area contributed by atoms with E-state index >= 15 is 0 Å². The SMILES string of the molecule is Cc1nc(C)c(C(=O)C2=C(O)C(=O)N(CCc3ccccc3)C2c2cccc(Oc3ccccc3)c2)s1. The van der Waals surface area contributed by atoms with Gasteiger partial charge >= 0.3 is 0 Å². The number of para-hydroxylation sites is 1. The molecule has 1 amide bonds. The number of benzene rings is 3. The molecule has 4 aromatic rings. The van der Waals surface area contributed by atoms with Gasteiger partial charge in [-0.25, -0.2) is 4.98 Å². The zero-order valence-corrected chi connectivity index (χ0v) is 21.4. The van der Waals surface area contributed by atoms with E-state index in [0.29, 0.717) is 40.6 Å². The number of nitrogens with zero attached hydrogens (tertiary/aromatic N) is 2. The van der Waals surface area contributed by atoms with Gasteiger partial charge in [0.1, 0.15) is 11.5 Å². The van der Waals surface area contributed by atoms with Gasteiger partial charge in [0.25, 0.3) is 5.91 Å². The number of aryl methyl sites for hydroxylation is 2. The van der Waals surface area contributed by atoms with Gasteiger partial charge in [-0.2, -0.15) is 0 Å². The molecule has 0 saturated heterocycles. The summed E-state index contributed by atoms with van der Waals surface area (Å²) in [4.78, 5) is 33.5. The maximum atomic E-state index is 13.8. The van der Waals surface area contributed by atoms with Crippen LogP contribution in [0.25, 0.3) is 0 Å². The van der Waals surface area contributed by atoms with Gasteiger partial charge < -0.3 is 14.7 Å². The Kier molecular flexibility index (Phi) is 6.88. The van der Waals surface area contributed by atoms with E-state index in [9.17, 15) is 14.7 Å². The fourth-order valence-electron chi connectivity index (χ4n) is 4.59. The molecular formula is C30H26N2O4S. The van der Waals surface area contributed by atoms with Gasteiger partial charge in [0.05, 0.1) is 27.2 Å². The molecule has 0 spiro atoms. The second kappa shape index (κ2) is 10.4. The lowest BCUT2D eigenvalue weighted by Gasteiger charge is -2.27. The first-order valence-electron chi connectivity index (χ1n) is 12.0. The van der Waals surface area contributed by atoms with E-state index in [1.54, 1.807) is 11.8 Å². The predicted octanol–water partition coefficient (Wildman–Crippen LogP) is 6.37.